The van der Waals surface area contributed by atoms with Gasteiger partial charge in [-0.25, -0.2) is 0 Å². The molecule has 4 nitrogen and oxygen atoms in total. The van der Waals surface area contributed by atoms with E-state index in [4.69, 9.17) is 9.84 Å². The molecule has 0 aliphatic carbocycles. The molecule has 0 aromatic rings. The quantitative estimate of drug-likeness (QED) is 0.746. The molecule has 2 aliphatic heterocycles. The molecule has 2 saturated heterocycles. The Kier molecular flexibility index (Phi) is 6.61. The van der Waals surface area contributed by atoms with Gasteiger partial charge >= 0.3 is 0 Å². The summed E-state index contributed by atoms with van der Waals surface area (Å²) in [6, 6.07) is 0. The Balaban J connectivity index is 0.00000128. The van der Waals surface area contributed by atoms with Gasteiger partial charge in [-0.2, -0.15) is 0 Å². The zero-order chi connectivity index (χ0) is 10.5. The van der Waals surface area contributed by atoms with E-state index in [1.165, 1.54) is 19.4 Å². The molecule has 0 bridgehead atoms. The molecule has 2 N–H and O–H groups in total. The van der Waals surface area contributed by atoms with Crippen LogP contribution in [0.4, 0.5) is 0 Å². The van der Waals surface area contributed by atoms with Crippen LogP contribution in [0.3, 0.4) is 0 Å². The molecule has 2 unspecified atom stereocenters. The number of hydrogen-bond donors (Lipinski definition) is 2. The van der Waals surface area contributed by atoms with Crippen LogP contribution in [0, 0.1) is 5.92 Å². The molecular formula is C11H23ClN2O2. The SMILES string of the molecule is Cl.OCC1CN(CC2CCCNC2)CCO1. The predicted octanol–water partition coefficient (Wildman–Crippen LogP) is 0.101. The topological polar surface area (TPSA) is 44.7 Å². The monoisotopic (exact) mass is 250 g/mol. The molecule has 0 spiro atoms. The van der Waals surface area contributed by atoms with E-state index in [1.807, 2.05) is 0 Å². The molecule has 2 heterocycles. The molecule has 0 saturated carbocycles. The lowest BCUT2D eigenvalue weighted by Gasteiger charge is -2.35. The minimum atomic E-state index is 0. The van der Waals surface area contributed by atoms with E-state index in [-0.39, 0.29) is 25.1 Å². The van der Waals surface area contributed by atoms with Gasteiger partial charge in [0.25, 0.3) is 0 Å². The molecule has 16 heavy (non-hydrogen) atoms. The van der Waals surface area contributed by atoms with E-state index in [9.17, 15) is 0 Å². The number of aliphatic hydroxyl groups excluding tert-OH is 1. The number of piperidine rings is 1. The van der Waals surface area contributed by atoms with Crippen molar-refractivity contribution in [3.05, 3.63) is 0 Å². The number of hydrogen-bond acceptors (Lipinski definition) is 4. The zero-order valence-electron chi connectivity index (χ0n) is 9.73. The Hall–Kier alpha value is 0.130. The van der Waals surface area contributed by atoms with E-state index < -0.39 is 0 Å². The van der Waals surface area contributed by atoms with Crippen molar-refractivity contribution in [2.75, 3.05) is 45.9 Å². The van der Waals surface area contributed by atoms with Crippen molar-refractivity contribution in [2.24, 2.45) is 5.92 Å². The van der Waals surface area contributed by atoms with Gasteiger partial charge in [-0.1, -0.05) is 0 Å². The summed E-state index contributed by atoms with van der Waals surface area (Å²) in [6.07, 6.45) is 2.68. The Morgan fingerprint density at radius 2 is 2.31 bits per heavy atom. The van der Waals surface area contributed by atoms with Crippen LogP contribution >= 0.6 is 12.4 Å². The molecule has 2 fully saturated rings. The highest BCUT2D eigenvalue weighted by molar-refractivity contribution is 5.85. The van der Waals surface area contributed by atoms with Crippen molar-refractivity contribution in [1.82, 2.24) is 10.2 Å². The fraction of sp³-hybridized carbons (Fsp3) is 1.00. The highest BCUT2D eigenvalue weighted by Crippen LogP contribution is 2.14. The molecule has 2 aliphatic rings. The maximum Gasteiger partial charge on any atom is 0.0932 e. The third-order valence-electron chi connectivity index (χ3n) is 3.34. The first kappa shape index (κ1) is 14.2. The van der Waals surface area contributed by atoms with Crippen LogP contribution in [0.25, 0.3) is 0 Å². The summed E-state index contributed by atoms with van der Waals surface area (Å²) in [5, 5.41) is 12.5. The first-order valence-corrected chi connectivity index (χ1v) is 6.04. The fourth-order valence-electron chi connectivity index (χ4n) is 2.50. The van der Waals surface area contributed by atoms with Crippen LogP contribution in [0.1, 0.15) is 12.8 Å². The standard InChI is InChI=1S/C11H22N2O2.ClH/c14-9-11-8-13(4-5-15-11)7-10-2-1-3-12-6-10;/h10-12,14H,1-9H2;1H. The van der Waals surface area contributed by atoms with Gasteiger partial charge in [-0.15, -0.1) is 12.4 Å². The maximum atomic E-state index is 9.05. The van der Waals surface area contributed by atoms with Crippen molar-refractivity contribution in [3.63, 3.8) is 0 Å². The van der Waals surface area contributed by atoms with Gasteiger partial charge < -0.3 is 15.2 Å². The molecule has 0 amide bonds. The van der Waals surface area contributed by atoms with Crippen molar-refractivity contribution in [1.29, 1.82) is 0 Å². The van der Waals surface area contributed by atoms with E-state index in [1.54, 1.807) is 0 Å². The van der Waals surface area contributed by atoms with Crippen molar-refractivity contribution >= 4 is 12.4 Å². The smallest absolute Gasteiger partial charge is 0.0932 e. The number of halogens is 1. The highest BCUT2D eigenvalue weighted by Gasteiger charge is 2.23. The summed E-state index contributed by atoms with van der Waals surface area (Å²) in [5.74, 6) is 0.788. The van der Waals surface area contributed by atoms with Crippen LogP contribution in [-0.2, 0) is 4.74 Å². The lowest BCUT2D eigenvalue weighted by molar-refractivity contribution is -0.0567. The molecule has 0 radical (unpaired) electrons. The Labute approximate surface area is 104 Å². The number of nitrogens with zero attached hydrogens (tertiary/aromatic N) is 1. The summed E-state index contributed by atoms with van der Waals surface area (Å²) >= 11 is 0. The summed E-state index contributed by atoms with van der Waals surface area (Å²) in [6.45, 7) is 6.33. The second-order valence-corrected chi connectivity index (χ2v) is 4.65. The Morgan fingerprint density at radius 1 is 1.44 bits per heavy atom. The summed E-state index contributed by atoms with van der Waals surface area (Å²) in [7, 11) is 0. The largest absolute Gasteiger partial charge is 0.394 e. The van der Waals surface area contributed by atoms with E-state index in [2.05, 4.69) is 10.2 Å². The number of aliphatic hydroxyl groups is 1. The second kappa shape index (κ2) is 7.45. The number of ether oxygens (including phenoxy) is 1. The van der Waals surface area contributed by atoms with Gasteiger partial charge in [0.05, 0.1) is 19.3 Å². The van der Waals surface area contributed by atoms with Crippen LogP contribution in [0.15, 0.2) is 0 Å². The third-order valence-corrected chi connectivity index (χ3v) is 3.34. The predicted molar refractivity (Wildman–Crippen MR) is 66.1 cm³/mol. The summed E-state index contributed by atoms with van der Waals surface area (Å²) in [4.78, 5) is 2.43. The first-order chi connectivity index (χ1) is 7.38. The lowest BCUT2D eigenvalue weighted by Crippen LogP contribution is -2.47. The van der Waals surface area contributed by atoms with Crippen LogP contribution in [0.5, 0.6) is 0 Å². The average Bonchev–Trinajstić information content (AvgIpc) is 2.31. The normalized spacial score (nSPS) is 32.1. The number of rotatable bonds is 3. The van der Waals surface area contributed by atoms with Crippen LogP contribution < -0.4 is 5.32 Å². The fourth-order valence-corrected chi connectivity index (χ4v) is 2.50. The van der Waals surface area contributed by atoms with E-state index in [0.717, 1.165) is 38.7 Å². The van der Waals surface area contributed by atoms with Crippen molar-refractivity contribution < 1.29 is 9.84 Å². The van der Waals surface area contributed by atoms with Gasteiger partial charge in [0.15, 0.2) is 0 Å². The van der Waals surface area contributed by atoms with Gasteiger partial charge in [-0.3, -0.25) is 4.90 Å². The van der Waals surface area contributed by atoms with Crippen LogP contribution in [0.2, 0.25) is 0 Å². The molecule has 0 aromatic heterocycles. The second-order valence-electron chi connectivity index (χ2n) is 4.65. The molecule has 96 valence electrons. The highest BCUT2D eigenvalue weighted by atomic mass is 35.5. The minimum Gasteiger partial charge on any atom is -0.394 e. The van der Waals surface area contributed by atoms with Crippen molar-refractivity contribution in [2.45, 2.75) is 18.9 Å². The van der Waals surface area contributed by atoms with Gasteiger partial charge in [0.1, 0.15) is 0 Å². The zero-order valence-corrected chi connectivity index (χ0v) is 10.5. The molecule has 2 atom stereocenters. The maximum absolute atomic E-state index is 9.05. The number of morpholine rings is 1. The Bertz CT molecular complexity index is 189. The molecular weight excluding hydrogens is 228 g/mol. The molecule has 0 aromatic carbocycles. The first-order valence-electron chi connectivity index (χ1n) is 6.04. The molecule has 2 rings (SSSR count). The molecule has 5 heteroatoms. The average molecular weight is 251 g/mol. The van der Waals surface area contributed by atoms with Gasteiger partial charge in [0.2, 0.25) is 0 Å². The Morgan fingerprint density at radius 3 is 3.00 bits per heavy atom. The number of nitrogens with one attached hydrogen (secondary N) is 1. The van der Waals surface area contributed by atoms with Crippen LogP contribution in [-0.4, -0.2) is 62.0 Å². The minimum absolute atomic E-state index is 0. The van der Waals surface area contributed by atoms with E-state index in [0.29, 0.717) is 0 Å². The summed E-state index contributed by atoms with van der Waals surface area (Å²) < 4.78 is 5.44. The van der Waals surface area contributed by atoms with Gasteiger partial charge in [-0.05, 0) is 31.8 Å². The third kappa shape index (κ3) is 4.18. The van der Waals surface area contributed by atoms with Crippen molar-refractivity contribution in [3.8, 4) is 0 Å². The van der Waals surface area contributed by atoms with E-state index >= 15 is 0 Å². The summed E-state index contributed by atoms with van der Waals surface area (Å²) in [5.41, 5.74) is 0. The van der Waals surface area contributed by atoms with Gasteiger partial charge in [0, 0.05) is 19.6 Å². The lowest BCUT2D eigenvalue weighted by atomic mass is 9.99.